The molecule has 1 atom stereocenters. The molecule has 5 nitrogen and oxygen atoms in total. The van der Waals surface area contributed by atoms with Crippen LogP contribution in [0.25, 0.3) is 0 Å². The van der Waals surface area contributed by atoms with E-state index in [1.807, 2.05) is 36.4 Å². The Morgan fingerprint density at radius 2 is 1.84 bits per heavy atom. The van der Waals surface area contributed by atoms with E-state index >= 15 is 0 Å². The Balaban J connectivity index is 1.62. The molecule has 1 unspecified atom stereocenters. The molecule has 3 aromatic rings. The normalized spacial score (nSPS) is 15.9. The van der Waals surface area contributed by atoms with Gasteiger partial charge in [0.15, 0.2) is 0 Å². The second-order valence-electron chi connectivity index (χ2n) is 8.72. The molecule has 5 heteroatoms. The Labute approximate surface area is 183 Å². The van der Waals surface area contributed by atoms with Crippen molar-refractivity contribution in [3.8, 4) is 0 Å². The Morgan fingerprint density at radius 1 is 1.10 bits per heavy atom. The quantitative estimate of drug-likeness (QED) is 0.603. The summed E-state index contributed by atoms with van der Waals surface area (Å²) in [5, 5.41) is 8.19. The van der Waals surface area contributed by atoms with Crippen LogP contribution in [0, 0.1) is 5.92 Å². The maximum Gasteiger partial charge on any atom is 0.274 e. The predicted octanol–water partition coefficient (Wildman–Crippen LogP) is 5.20. The van der Waals surface area contributed by atoms with Gasteiger partial charge in [0.1, 0.15) is 5.82 Å². The number of fused-ring (bicyclic) bond motifs is 1. The summed E-state index contributed by atoms with van der Waals surface area (Å²) >= 11 is 0. The van der Waals surface area contributed by atoms with E-state index in [-0.39, 0.29) is 11.5 Å². The average molecular weight is 415 g/mol. The minimum atomic E-state index is -0.126. The number of rotatable bonds is 6. The second kappa shape index (κ2) is 9.29. The van der Waals surface area contributed by atoms with Crippen LogP contribution in [0.4, 0.5) is 5.69 Å². The number of nitrogens with zero attached hydrogens (tertiary/aromatic N) is 3. The number of nitrogens with one attached hydrogen (secondary N) is 1. The number of benzene rings is 2. The van der Waals surface area contributed by atoms with Gasteiger partial charge in [0.2, 0.25) is 0 Å². The first kappa shape index (κ1) is 21.0. The fraction of sp³-hybridized carbons (Fsp3) is 0.346. The molecule has 0 fully saturated rings. The van der Waals surface area contributed by atoms with Crippen LogP contribution in [-0.4, -0.2) is 15.4 Å². The third-order valence-corrected chi connectivity index (χ3v) is 5.66. The third kappa shape index (κ3) is 4.93. The Bertz CT molecular complexity index is 1130. The van der Waals surface area contributed by atoms with Crippen LogP contribution in [0.2, 0.25) is 0 Å². The molecule has 1 aliphatic heterocycles. The average Bonchev–Trinajstić information content (AvgIpc) is 2.93. The SMILES string of the molecule is CC(C)Cc1ccccc1NCc1cc(=O)n2c(n1)C(C)CCC(c1ccccc1)=N2. The summed E-state index contributed by atoms with van der Waals surface area (Å²) < 4.78 is 1.50. The molecule has 0 bridgehead atoms. The van der Waals surface area contributed by atoms with Crippen molar-refractivity contribution in [1.82, 2.24) is 9.66 Å². The van der Waals surface area contributed by atoms with Crippen LogP contribution in [0.15, 0.2) is 70.6 Å². The van der Waals surface area contributed by atoms with Crippen LogP contribution in [0.5, 0.6) is 0 Å². The second-order valence-corrected chi connectivity index (χ2v) is 8.72. The molecule has 0 spiro atoms. The van der Waals surface area contributed by atoms with E-state index in [9.17, 15) is 4.79 Å². The zero-order valence-corrected chi connectivity index (χ0v) is 18.5. The number of hydrogen-bond donors (Lipinski definition) is 1. The van der Waals surface area contributed by atoms with Crippen LogP contribution < -0.4 is 10.9 Å². The molecular weight excluding hydrogens is 384 g/mol. The van der Waals surface area contributed by atoms with E-state index in [1.165, 1.54) is 10.2 Å². The van der Waals surface area contributed by atoms with Gasteiger partial charge in [0, 0.05) is 17.7 Å². The van der Waals surface area contributed by atoms with Crippen LogP contribution in [0.1, 0.15) is 62.2 Å². The molecule has 4 rings (SSSR count). The van der Waals surface area contributed by atoms with E-state index in [0.29, 0.717) is 12.5 Å². The van der Waals surface area contributed by atoms with Gasteiger partial charge in [-0.1, -0.05) is 69.3 Å². The molecule has 0 saturated heterocycles. The monoisotopic (exact) mass is 414 g/mol. The van der Waals surface area contributed by atoms with Crippen LogP contribution in [-0.2, 0) is 13.0 Å². The van der Waals surface area contributed by atoms with Gasteiger partial charge in [-0.15, -0.1) is 0 Å². The maximum absolute atomic E-state index is 13.0. The van der Waals surface area contributed by atoms with Gasteiger partial charge in [-0.05, 0) is 42.4 Å². The molecule has 1 aromatic heterocycles. The summed E-state index contributed by atoms with van der Waals surface area (Å²) in [6.07, 6.45) is 2.75. The van der Waals surface area contributed by atoms with Gasteiger partial charge < -0.3 is 5.32 Å². The first-order valence-electron chi connectivity index (χ1n) is 11.1. The molecule has 1 aliphatic rings. The maximum atomic E-state index is 13.0. The van der Waals surface area contributed by atoms with Gasteiger partial charge in [-0.3, -0.25) is 4.79 Å². The standard InChI is InChI=1S/C26H30N4O/c1-18(2)15-21-11-7-8-12-23(21)27-17-22-16-25(31)30-26(28-22)19(3)13-14-24(29-30)20-9-5-4-6-10-20/h4-12,16,18-19,27H,13-15,17H2,1-3H3. The molecule has 0 saturated carbocycles. The van der Waals surface area contributed by atoms with E-state index < -0.39 is 0 Å². The van der Waals surface area contributed by atoms with Gasteiger partial charge in [-0.2, -0.15) is 9.78 Å². The molecule has 0 radical (unpaired) electrons. The van der Waals surface area contributed by atoms with E-state index in [4.69, 9.17) is 10.1 Å². The number of hydrogen-bond acceptors (Lipinski definition) is 4. The minimum absolute atomic E-state index is 0.126. The van der Waals surface area contributed by atoms with Crippen LogP contribution >= 0.6 is 0 Å². The summed E-state index contributed by atoms with van der Waals surface area (Å²) in [5.74, 6) is 1.48. The molecule has 31 heavy (non-hydrogen) atoms. The van der Waals surface area contributed by atoms with Crippen molar-refractivity contribution in [3.63, 3.8) is 0 Å². The molecule has 2 heterocycles. The van der Waals surface area contributed by atoms with Crippen molar-refractivity contribution in [2.45, 2.75) is 52.5 Å². The Hall–Kier alpha value is -3.21. The topological polar surface area (TPSA) is 59.3 Å². The largest absolute Gasteiger partial charge is 0.379 e. The third-order valence-electron chi connectivity index (χ3n) is 5.66. The smallest absolute Gasteiger partial charge is 0.274 e. The summed E-state index contributed by atoms with van der Waals surface area (Å²) in [6.45, 7) is 7.08. The molecular formula is C26H30N4O. The Kier molecular flexibility index (Phi) is 6.31. The first-order chi connectivity index (χ1) is 15.0. The highest BCUT2D eigenvalue weighted by Gasteiger charge is 2.21. The molecule has 0 aliphatic carbocycles. The summed E-state index contributed by atoms with van der Waals surface area (Å²) in [4.78, 5) is 17.8. The molecule has 0 amide bonds. The highest BCUT2D eigenvalue weighted by molar-refractivity contribution is 6.00. The summed E-state index contributed by atoms with van der Waals surface area (Å²) in [5.41, 5.74) is 5.01. The fourth-order valence-corrected chi connectivity index (χ4v) is 4.04. The van der Waals surface area contributed by atoms with Crippen LogP contribution in [0.3, 0.4) is 0 Å². The lowest BCUT2D eigenvalue weighted by molar-refractivity contribution is 0.606. The van der Waals surface area contributed by atoms with Crippen molar-refractivity contribution >= 4 is 11.4 Å². The number of anilines is 1. The highest BCUT2D eigenvalue weighted by atomic mass is 16.1. The van der Waals surface area contributed by atoms with Crippen molar-refractivity contribution < 1.29 is 0 Å². The lowest BCUT2D eigenvalue weighted by Crippen LogP contribution is -2.24. The summed E-state index contributed by atoms with van der Waals surface area (Å²) in [7, 11) is 0. The Morgan fingerprint density at radius 3 is 2.61 bits per heavy atom. The van der Waals surface area contributed by atoms with Crippen molar-refractivity contribution in [3.05, 3.63) is 93.7 Å². The zero-order valence-electron chi connectivity index (χ0n) is 18.5. The summed E-state index contributed by atoms with van der Waals surface area (Å²) in [6, 6.07) is 20.0. The van der Waals surface area contributed by atoms with Gasteiger partial charge in [0.25, 0.3) is 5.56 Å². The van der Waals surface area contributed by atoms with Crippen molar-refractivity contribution in [2.24, 2.45) is 11.0 Å². The lowest BCUT2D eigenvalue weighted by atomic mass is 9.99. The lowest BCUT2D eigenvalue weighted by Gasteiger charge is -2.15. The predicted molar refractivity (Wildman–Crippen MR) is 127 cm³/mol. The van der Waals surface area contributed by atoms with Gasteiger partial charge >= 0.3 is 0 Å². The minimum Gasteiger partial charge on any atom is -0.379 e. The van der Waals surface area contributed by atoms with E-state index in [2.05, 4.69) is 44.3 Å². The van der Waals surface area contributed by atoms with E-state index in [0.717, 1.165) is 47.7 Å². The first-order valence-corrected chi connectivity index (χ1v) is 11.1. The highest BCUT2D eigenvalue weighted by Crippen LogP contribution is 2.24. The van der Waals surface area contributed by atoms with Crippen molar-refractivity contribution in [2.75, 3.05) is 5.32 Å². The van der Waals surface area contributed by atoms with E-state index in [1.54, 1.807) is 6.07 Å². The van der Waals surface area contributed by atoms with Crippen molar-refractivity contribution in [1.29, 1.82) is 0 Å². The zero-order chi connectivity index (χ0) is 21.8. The fourth-order valence-electron chi connectivity index (χ4n) is 4.04. The molecule has 2 aromatic carbocycles. The van der Waals surface area contributed by atoms with Gasteiger partial charge in [0.05, 0.1) is 18.0 Å². The molecule has 1 N–H and O–H groups in total. The molecule has 160 valence electrons. The number of aromatic nitrogens is 2. The van der Waals surface area contributed by atoms with Gasteiger partial charge in [-0.25, -0.2) is 4.98 Å². The number of para-hydroxylation sites is 1.